The first-order valence-corrected chi connectivity index (χ1v) is 9.51. The molecule has 3 atom stereocenters. The molecule has 8 heteroatoms. The van der Waals surface area contributed by atoms with E-state index in [-0.39, 0.29) is 29.7 Å². The van der Waals surface area contributed by atoms with Gasteiger partial charge in [-0.1, -0.05) is 18.6 Å². The average Bonchev–Trinajstić information content (AvgIpc) is 2.61. The Morgan fingerprint density at radius 1 is 1.14 bits per heavy atom. The summed E-state index contributed by atoms with van der Waals surface area (Å²) in [7, 11) is 0. The van der Waals surface area contributed by atoms with E-state index in [4.69, 9.17) is 4.74 Å². The molecule has 1 aliphatic carbocycles. The van der Waals surface area contributed by atoms with Crippen molar-refractivity contribution < 1.29 is 27.5 Å². The molecule has 28 heavy (non-hydrogen) atoms. The third-order valence-corrected chi connectivity index (χ3v) is 4.69. The first kappa shape index (κ1) is 22.0. The molecule has 0 bridgehead atoms. The van der Waals surface area contributed by atoms with Gasteiger partial charge in [0.15, 0.2) is 6.10 Å². The topological polar surface area (TPSA) is 67.4 Å². The first-order chi connectivity index (χ1) is 13.1. The fraction of sp³-hybridized carbons (Fsp3) is 0.600. The Morgan fingerprint density at radius 2 is 1.82 bits per heavy atom. The van der Waals surface area contributed by atoms with Gasteiger partial charge in [0.25, 0.3) is 5.91 Å². The standard InChI is InChI=1S/C20H27F3N2O3/c1-12(2)24-19(27)14-7-6-8-15(11-14)25-18(26)13(3)28-17-10-5-4-9-16(17)20(21,22)23/h4-5,9-10,12-15H,6-8,11H2,1-3H3,(H,24,27)(H,25,26). The van der Waals surface area contributed by atoms with Gasteiger partial charge in [0.1, 0.15) is 5.75 Å². The second kappa shape index (κ2) is 9.30. The van der Waals surface area contributed by atoms with E-state index in [9.17, 15) is 22.8 Å². The number of halogens is 3. The molecule has 5 nitrogen and oxygen atoms in total. The van der Waals surface area contributed by atoms with E-state index in [1.165, 1.54) is 25.1 Å². The van der Waals surface area contributed by atoms with Crippen LogP contribution in [-0.2, 0) is 15.8 Å². The van der Waals surface area contributed by atoms with E-state index in [0.717, 1.165) is 25.3 Å². The normalized spacial score (nSPS) is 21.1. The van der Waals surface area contributed by atoms with Gasteiger partial charge in [-0.25, -0.2) is 0 Å². The van der Waals surface area contributed by atoms with Crippen molar-refractivity contribution in [3.8, 4) is 5.75 Å². The lowest BCUT2D eigenvalue weighted by atomic mass is 9.85. The molecular weight excluding hydrogens is 373 g/mol. The summed E-state index contributed by atoms with van der Waals surface area (Å²) in [4.78, 5) is 24.6. The summed E-state index contributed by atoms with van der Waals surface area (Å²) < 4.78 is 44.5. The summed E-state index contributed by atoms with van der Waals surface area (Å²) in [5, 5.41) is 5.69. The van der Waals surface area contributed by atoms with Crippen molar-refractivity contribution in [3.05, 3.63) is 29.8 Å². The summed E-state index contributed by atoms with van der Waals surface area (Å²) in [5.41, 5.74) is -0.919. The molecule has 2 rings (SSSR count). The minimum atomic E-state index is -4.56. The minimum absolute atomic E-state index is 0.0302. The fourth-order valence-corrected chi connectivity index (χ4v) is 3.33. The number of benzene rings is 1. The molecule has 0 saturated heterocycles. The van der Waals surface area contributed by atoms with E-state index >= 15 is 0 Å². The number of rotatable bonds is 6. The van der Waals surface area contributed by atoms with Crippen LogP contribution in [0.2, 0.25) is 0 Å². The molecule has 0 heterocycles. The molecule has 0 radical (unpaired) electrons. The van der Waals surface area contributed by atoms with Gasteiger partial charge >= 0.3 is 6.18 Å². The number of alkyl halides is 3. The van der Waals surface area contributed by atoms with Crippen molar-refractivity contribution in [2.45, 2.75) is 70.8 Å². The molecule has 1 aliphatic rings. The zero-order chi connectivity index (χ0) is 20.9. The number of carbonyl (C=O) groups excluding carboxylic acids is 2. The fourth-order valence-electron chi connectivity index (χ4n) is 3.33. The van der Waals surface area contributed by atoms with Gasteiger partial charge in [-0.05, 0) is 52.2 Å². The Labute approximate surface area is 163 Å². The van der Waals surface area contributed by atoms with Crippen LogP contribution >= 0.6 is 0 Å². The van der Waals surface area contributed by atoms with E-state index in [0.29, 0.717) is 6.42 Å². The van der Waals surface area contributed by atoms with Crippen LogP contribution in [-0.4, -0.2) is 30.0 Å². The molecule has 3 unspecified atom stereocenters. The summed E-state index contributed by atoms with van der Waals surface area (Å²) in [6, 6.07) is 4.65. The van der Waals surface area contributed by atoms with Crippen LogP contribution in [0.5, 0.6) is 5.75 Å². The van der Waals surface area contributed by atoms with Gasteiger partial charge in [-0.3, -0.25) is 9.59 Å². The molecule has 2 N–H and O–H groups in total. The van der Waals surface area contributed by atoms with Crippen LogP contribution in [0.1, 0.15) is 52.0 Å². The van der Waals surface area contributed by atoms with Gasteiger partial charge in [-0.2, -0.15) is 13.2 Å². The zero-order valence-electron chi connectivity index (χ0n) is 16.3. The molecule has 1 aromatic rings. The first-order valence-electron chi connectivity index (χ1n) is 9.51. The van der Waals surface area contributed by atoms with E-state index in [2.05, 4.69) is 10.6 Å². The summed E-state index contributed by atoms with van der Waals surface area (Å²) in [6.07, 6.45) is -2.86. The van der Waals surface area contributed by atoms with E-state index in [1.807, 2.05) is 13.8 Å². The molecule has 0 aromatic heterocycles. The molecule has 2 amide bonds. The molecule has 0 aliphatic heterocycles. The molecule has 1 fully saturated rings. The van der Waals surface area contributed by atoms with Gasteiger partial charge in [-0.15, -0.1) is 0 Å². The Hall–Kier alpha value is -2.25. The maximum absolute atomic E-state index is 13.1. The summed E-state index contributed by atoms with van der Waals surface area (Å²) >= 11 is 0. The molecule has 1 saturated carbocycles. The lowest BCUT2D eigenvalue weighted by molar-refractivity contribution is -0.140. The number of ether oxygens (including phenoxy) is 1. The molecule has 1 aromatic carbocycles. The second-order valence-electron chi connectivity index (χ2n) is 7.49. The van der Waals surface area contributed by atoms with Crippen molar-refractivity contribution in [1.29, 1.82) is 0 Å². The molecule has 156 valence electrons. The number of para-hydroxylation sites is 1. The molecule has 0 spiro atoms. The van der Waals surface area contributed by atoms with Crippen LogP contribution in [0.15, 0.2) is 24.3 Å². The predicted octanol–water partition coefficient (Wildman–Crippen LogP) is 3.67. The van der Waals surface area contributed by atoms with E-state index in [1.54, 1.807) is 0 Å². The Morgan fingerprint density at radius 3 is 2.46 bits per heavy atom. The highest BCUT2D eigenvalue weighted by Crippen LogP contribution is 2.36. The monoisotopic (exact) mass is 400 g/mol. The highest BCUT2D eigenvalue weighted by molar-refractivity contribution is 5.82. The highest BCUT2D eigenvalue weighted by Gasteiger charge is 2.35. The van der Waals surface area contributed by atoms with Gasteiger partial charge in [0, 0.05) is 18.0 Å². The van der Waals surface area contributed by atoms with E-state index < -0.39 is 23.8 Å². The number of amides is 2. The zero-order valence-corrected chi connectivity index (χ0v) is 16.3. The Balaban J connectivity index is 1.95. The SMILES string of the molecule is CC(C)NC(=O)C1CCCC(NC(=O)C(C)Oc2ccccc2C(F)(F)F)C1. The van der Waals surface area contributed by atoms with Crippen LogP contribution < -0.4 is 15.4 Å². The number of nitrogens with one attached hydrogen (secondary N) is 2. The Kier molecular flexibility index (Phi) is 7.32. The smallest absolute Gasteiger partial charge is 0.419 e. The second-order valence-corrected chi connectivity index (χ2v) is 7.49. The minimum Gasteiger partial charge on any atom is -0.480 e. The number of hydrogen-bond acceptors (Lipinski definition) is 3. The van der Waals surface area contributed by atoms with Crippen molar-refractivity contribution in [1.82, 2.24) is 10.6 Å². The Bertz CT molecular complexity index is 692. The van der Waals surface area contributed by atoms with Crippen molar-refractivity contribution in [2.24, 2.45) is 5.92 Å². The van der Waals surface area contributed by atoms with Crippen molar-refractivity contribution >= 4 is 11.8 Å². The highest BCUT2D eigenvalue weighted by atomic mass is 19.4. The van der Waals surface area contributed by atoms with Crippen LogP contribution in [0.4, 0.5) is 13.2 Å². The quantitative estimate of drug-likeness (QED) is 0.766. The van der Waals surface area contributed by atoms with Crippen LogP contribution in [0, 0.1) is 5.92 Å². The maximum atomic E-state index is 13.1. The lowest BCUT2D eigenvalue weighted by Crippen LogP contribution is -2.47. The predicted molar refractivity (Wildman–Crippen MR) is 98.7 cm³/mol. The number of hydrogen-bond donors (Lipinski definition) is 2. The van der Waals surface area contributed by atoms with Crippen LogP contribution in [0.25, 0.3) is 0 Å². The maximum Gasteiger partial charge on any atom is 0.419 e. The van der Waals surface area contributed by atoms with Crippen LogP contribution in [0.3, 0.4) is 0 Å². The van der Waals surface area contributed by atoms with Crippen molar-refractivity contribution in [3.63, 3.8) is 0 Å². The summed E-state index contributed by atoms with van der Waals surface area (Å²) in [6.45, 7) is 5.18. The number of carbonyl (C=O) groups is 2. The largest absolute Gasteiger partial charge is 0.480 e. The van der Waals surface area contributed by atoms with Gasteiger partial charge in [0.05, 0.1) is 5.56 Å². The van der Waals surface area contributed by atoms with Gasteiger partial charge in [0.2, 0.25) is 5.91 Å². The third-order valence-electron chi connectivity index (χ3n) is 4.69. The summed E-state index contributed by atoms with van der Waals surface area (Å²) in [5.74, 6) is -1.08. The average molecular weight is 400 g/mol. The lowest BCUT2D eigenvalue weighted by Gasteiger charge is -2.30. The van der Waals surface area contributed by atoms with Crippen molar-refractivity contribution in [2.75, 3.05) is 0 Å². The third kappa shape index (κ3) is 6.14. The van der Waals surface area contributed by atoms with Gasteiger partial charge < -0.3 is 15.4 Å². The molecular formula is C20H27F3N2O3.